The van der Waals surface area contributed by atoms with E-state index in [0.717, 1.165) is 18.2 Å². The first-order valence-electron chi connectivity index (χ1n) is 5.89. The van der Waals surface area contributed by atoms with Crippen molar-refractivity contribution in [2.45, 2.75) is 32.4 Å². The topological polar surface area (TPSA) is 44.8 Å². The molecular weight excluding hydrogens is 238 g/mol. The van der Waals surface area contributed by atoms with Crippen molar-refractivity contribution >= 4 is 23.4 Å². The van der Waals surface area contributed by atoms with Gasteiger partial charge >= 0.3 is 6.09 Å². The second-order valence-corrected chi connectivity index (χ2v) is 5.85. The van der Waals surface area contributed by atoms with E-state index in [0.29, 0.717) is 19.1 Å². The molecule has 1 N–H and O–H groups in total. The molecule has 5 nitrogen and oxygen atoms in total. The average molecular weight is 257 g/mol. The van der Waals surface area contributed by atoms with Crippen LogP contribution < -0.4 is 5.32 Å². The van der Waals surface area contributed by atoms with Crippen LogP contribution in [-0.2, 0) is 4.74 Å². The summed E-state index contributed by atoms with van der Waals surface area (Å²) in [6, 6.07) is 0.295. The van der Waals surface area contributed by atoms with Gasteiger partial charge in [0.05, 0.1) is 6.04 Å². The zero-order chi connectivity index (χ0) is 12.6. The highest BCUT2D eigenvalue weighted by Crippen LogP contribution is 2.17. The van der Waals surface area contributed by atoms with Crippen molar-refractivity contribution in [1.29, 1.82) is 0 Å². The fourth-order valence-corrected chi connectivity index (χ4v) is 2.42. The highest BCUT2D eigenvalue weighted by molar-refractivity contribution is 7.80. The molecule has 6 heteroatoms. The third-order valence-electron chi connectivity index (χ3n) is 2.88. The minimum Gasteiger partial charge on any atom is -0.444 e. The van der Waals surface area contributed by atoms with Gasteiger partial charge in [-0.3, -0.25) is 0 Å². The van der Waals surface area contributed by atoms with Crippen LogP contribution >= 0.6 is 12.2 Å². The summed E-state index contributed by atoms with van der Waals surface area (Å²) in [4.78, 5) is 15.8. The van der Waals surface area contributed by atoms with Crippen LogP contribution in [0, 0.1) is 0 Å². The minimum atomic E-state index is -0.433. The normalized spacial score (nSPS) is 24.4. The lowest BCUT2D eigenvalue weighted by atomic mass is 10.2. The third-order valence-corrected chi connectivity index (χ3v) is 3.26. The maximum absolute atomic E-state index is 11.9. The number of nitrogens with one attached hydrogen (secondary N) is 1. The van der Waals surface area contributed by atoms with E-state index in [1.165, 1.54) is 0 Å². The van der Waals surface area contributed by atoms with Gasteiger partial charge in [-0.05, 0) is 33.0 Å². The first-order chi connectivity index (χ1) is 7.87. The summed E-state index contributed by atoms with van der Waals surface area (Å²) in [6.45, 7) is 8.61. The molecule has 0 spiro atoms. The van der Waals surface area contributed by atoms with E-state index in [9.17, 15) is 4.79 Å². The second-order valence-electron chi connectivity index (χ2n) is 5.46. The molecule has 2 heterocycles. The maximum atomic E-state index is 11.9. The monoisotopic (exact) mass is 257 g/mol. The lowest BCUT2D eigenvalue weighted by Crippen LogP contribution is -2.54. The summed E-state index contributed by atoms with van der Waals surface area (Å²) < 4.78 is 5.37. The Morgan fingerprint density at radius 2 is 2.18 bits per heavy atom. The number of piperazine rings is 1. The molecule has 2 aliphatic rings. The lowest BCUT2D eigenvalue weighted by Gasteiger charge is -2.37. The Morgan fingerprint density at radius 1 is 1.47 bits per heavy atom. The first-order valence-corrected chi connectivity index (χ1v) is 6.30. The first kappa shape index (κ1) is 12.4. The molecule has 17 heavy (non-hydrogen) atoms. The van der Waals surface area contributed by atoms with E-state index >= 15 is 0 Å². The van der Waals surface area contributed by atoms with Gasteiger partial charge < -0.3 is 19.9 Å². The van der Waals surface area contributed by atoms with Crippen molar-refractivity contribution < 1.29 is 9.53 Å². The summed E-state index contributed by atoms with van der Waals surface area (Å²) in [7, 11) is 0. The molecule has 2 fully saturated rings. The molecule has 0 aromatic carbocycles. The molecule has 0 bridgehead atoms. The Balaban J connectivity index is 1.93. The van der Waals surface area contributed by atoms with Crippen LogP contribution in [0.25, 0.3) is 0 Å². The van der Waals surface area contributed by atoms with Crippen molar-refractivity contribution in [2.75, 3.05) is 26.2 Å². The van der Waals surface area contributed by atoms with Crippen molar-refractivity contribution in [3.8, 4) is 0 Å². The van der Waals surface area contributed by atoms with E-state index in [2.05, 4.69) is 10.2 Å². The second kappa shape index (κ2) is 4.33. The van der Waals surface area contributed by atoms with Gasteiger partial charge in [0.25, 0.3) is 0 Å². The molecule has 2 aliphatic heterocycles. The zero-order valence-corrected chi connectivity index (χ0v) is 11.3. The van der Waals surface area contributed by atoms with Gasteiger partial charge in [0.15, 0.2) is 5.11 Å². The van der Waals surface area contributed by atoms with Gasteiger partial charge in [0.2, 0.25) is 0 Å². The quantitative estimate of drug-likeness (QED) is 0.650. The molecule has 0 aliphatic carbocycles. The number of carbonyl (C=O) groups is 1. The number of rotatable bonds is 0. The van der Waals surface area contributed by atoms with Crippen molar-refractivity contribution in [3.05, 3.63) is 0 Å². The number of ether oxygens (including phenoxy) is 1. The summed E-state index contributed by atoms with van der Waals surface area (Å²) >= 11 is 5.19. The molecule has 96 valence electrons. The lowest BCUT2D eigenvalue weighted by molar-refractivity contribution is 0.0143. The van der Waals surface area contributed by atoms with E-state index in [4.69, 9.17) is 17.0 Å². The number of nitrogens with zero attached hydrogens (tertiary/aromatic N) is 2. The van der Waals surface area contributed by atoms with Crippen LogP contribution in [0.5, 0.6) is 0 Å². The summed E-state index contributed by atoms with van der Waals surface area (Å²) in [5, 5.41) is 3.95. The summed E-state index contributed by atoms with van der Waals surface area (Å²) in [6.07, 6.45) is -0.227. The van der Waals surface area contributed by atoms with Crippen LogP contribution in [0.2, 0.25) is 0 Å². The highest BCUT2D eigenvalue weighted by atomic mass is 32.1. The highest BCUT2D eigenvalue weighted by Gasteiger charge is 2.36. The molecule has 0 radical (unpaired) electrons. The predicted octanol–water partition coefficient (Wildman–Crippen LogP) is 0.796. The van der Waals surface area contributed by atoms with Gasteiger partial charge in [-0.1, -0.05) is 0 Å². The molecule has 0 unspecified atom stereocenters. The van der Waals surface area contributed by atoms with E-state index in [-0.39, 0.29) is 6.09 Å². The van der Waals surface area contributed by atoms with E-state index < -0.39 is 5.60 Å². The molecule has 2 rings (SSSR count). The molecule has 0 saturated carbocycles. The van der Waals surface area contributed by atoms with Crippen LogP contribution in [0.15, 0.2) is 0 Å². The number of thiocarbonyl (C=S) groups is 1. The number of hydrogen-bond donors (Lipinski definition) is 1. The van der Waals surface area contributed by atoms with E-state index in [1.54, 1.807) is 4.90 Å². The van der Waals surface area contributed by atoms with Crippen molar-refractivity contribution in [2.24, 2.45) is 0 Å². The molecule has 0 aromatic heterocycles. The van der Waals surface area contributed by atoms with Gasteiger partial charge in [0.1, 0.15) is 5.60 Å². The van der Waals surface area contributed by atoms with Crippen LogP contribution in [0.3, 0.4) is 0 Å². The van der Waals surface area contributed by atoms with Crippen molar-refractivity contribution in [3.63, 3.8) is 0 Å². The molecule has 1 amide bonds. The molecular formula is C11H19N3O2S. The van der Waals surface area contributed by atoms with Crippen LogP contribution in [0.4, 0.5) is 4.79 Å². The Morgan fingerprint density at radius 3 is 2.82 bits per heavy atom. The van der Waals surface area contributed by atoms with Crippen molar-refractivity contribution in [1.82, 2.24) is 15.1 Å². The smallest absolute Gasteiger partial charge is 0.410 e. The number of amides is 1. The fraction of sp³-hybridized carbons (Fsp3) is 0.818. The standard InChI is InChI=1S/C11H19N3O2S/c1-11(2,3)16-10(15)13-4-5-14-8(7-13)6-12-9(14)17/h8H,4-7H2,1-3H3,(H,12,17)/t8-/m0/s1. The zero-order valence-electron chi connectivity index (χ0n) is 10.5. The average Bonchev–Trinajstić information content (AvgIpc) is 2.57. The fourth-order valence-electron chi connectivity index (χ4n) is 2.10. The van der Waals surface area contributed by atoms with Crippen LogP contribution in [0.1, 0.15) is 20.8 Å². The SMILES string of the molecule is CC(C)(C)OC(=O)N1CCN2C(=S)NC[C@H]2C1. The van der Waals surface area contributed by atoms with E-state index in [1.807, 2.05) is 20.8 Å². The third kappa shape index (κ3) is 2.80. The number of fused-ring (bicyclic) bond motifs is 1. The predicted molar refractivity (Wildman–Crippen MR) is 68.9 cm³/mol. The Kier molecular flexibility index (Phi) is 3.16. The minimum absolute atomic E-state index is 0.227. The van der Waals surface area contributed by atoms with Gasteiger partial charge in [-0.2, -0.15) is 0 Å². The molecule has 1 atom stereocenters. The van der Waals surface area contributed by atoms with Gasteiger partial charge in [-0.25, -0.2) is 4.79 Å². The van der Waals surface area contributed by atoms with Gasteiger partial charge in [0, 0.05) is 26.2 Å². The van der Waals surface area contributed by atoms with Gasteiger partial charge in [-0.15, -0.1) is 0 Å². The van der Waals surface area contributed by atoms with Crippen LogP contribution in [-0.4, -0.2) is 58.8 Å². The Bertz CT molecular complexity index is 340. The number of hydrogen-bond acceptors (Lipinski definition) is 3. The maximum Gasteiger partial charge on any atom is 0.410 e. The molecule has 2 saturated heterocycles. The summed E-state index contributed by atoms with van der Waals surface area (Å²) in [5.41, 5.74) is -0.433. The largest absolute Gasteiger partial charge is 0.444 e. The summed E-state index contributed by atoms with van der Waals surface area (Å²) in [5.74, 6) is 0. The Labute approximate surface area is 107 Å². The molecule has 0 aromatic rings. The Hall–Kier alpha value is -1.04. The number of carbonyl (C=O) groups excluding carboxylic acids is 1.